The number of hydrogen-bond donors (Lipinski definition) is 4. The fraction of sp³-hybridized carbons (Fsp3) is 0.696. The first-order valence-electron chi connectivity index (χ1n) is 10.4. The summed E-state index contributed by atoms with van der Waals surface area (Å²) in [7, 11) is 0. The van der Waals surface area contributed by atoms with Crippen LogP contribution in [0.15, 0.2) is 0 Å². The predicted octanol–water partition coefficient (Wildman–Crippen LogP) is 4.38. The van der Waals surface area contributed by atoms with Crippen molar-refractivity contribution < 1.29 is 25.2 Å². The van der Waals surface area contributed by atoms with Crippen LogP contribution in [0.2, 0.25) is 5.02 Å². The zero-order valence-electron chi connectivity index (χ0n) is 17.9. The molecule has 0 unspecified atom stereocenters. The van der Waals surface area contributed by atoms with Crippen LogP contribution in [0.3, 0.4) is 0 Å². The number of aromatic hydroxyl groups is 2. The maximum absolute atomic E-state index is 11.5. The molecule has 0 saturated heterocycles. The first kappa shape index (κ1) is 22.4. The van der Waals surface area contributed by atoms with Crippen molar-refractivity contribution in [3.8, 4) is 11.5 Å². The first-order valence-corrected chi connectivity index (χ1v) is 10.7. The molecule has 29 heavy (non-hydrogen) atoms. The maximum atomic E-state index is 11.5. The lowest BCUT2D eigenvalue weighted by Gasteiger charge is -2.62. The summed E-state index contributed by atoms with van der Waals surface area (Å²) in [5.74, 6) is -0.602. The number of fused-ring (bicyclic) bond motifs is 1. The Bertz CT molecular complexity index is 831. The van der Waals surface area contributed by atoms with Gasteiger partial charge in [-0.15, -0.1) is 0 Å². The third kappa shape index (κ3) is 3.26. The Labute approximate surface area is 177 Å². The molecule has 0 heterocycles. The molecule has 2 aliphatic rings. The van der Waals surface area contributed by atoms with Crippen LogP contribution in [0.25, 0.3) is 0 Å². The van der Waals surface area contributed by atoms with E-state index in [9.17, 15) is 25.2 Å². The second kappa shape index (κ2) is 7.14. The highest BCUT2D eigenvalue weighted by molar-refractivity contribution is 6.33. The molecule has 2 saturated carbocycles. The van der Waals surface area contributed by atoms with Crippen molar-refractivity contribution >= 4 is 17.9 Å². The van der Waals surface area contributed by atoms with Crippen LogP contribution in [0.5, 0.6) is 11.5 Å². The number of carbonyl (C=O) groups excluding carboxylic acids is 1. The molecular formula is C23H33ClO5. The highest BCUT2D eigenvalue weighted by Gasteiger charge is 2.60. The van der Waals surface area contributed by atoms with E-state index in [0.717, 1.165) is 12.8 Å². The van der Waals surface area contributed by atoms with Gasteiger partial charge in [0.2, 0.25) is 0 Å². The molecule has 4 N–H and O–H groups in total. The van der Waals surface area contributed by atoms with Crippen LogP contribution in [0.1, 0.15) is 74.9 Å². The van der Waals surface area contributed by atoms with Crippen molar-refractivity contribution in [3.05, 3.63) is 21.7 Å². The van der Waals surface area contributed by atoms with Crippen molar-refractivity contribution in [1.82, 2.24) is 0 Å². The smallest absolute Gasteiger partial charge is 0.154 e. The number of aldehydes is 1. The molecule has 5 nitrogen and oxygen atoms in total. The van der Waals surface area contributed by atoms with E-state index < -0.39 is 11.7 Å². The van der Waals surface area contributed by atoms with E-state index in [4.69, 9.17) is 11.6 Å². The van der Waals surface area contributed by atoms with Gasteiger partial charge in [-0.25, -0.2) is 0 Å². The normalized spacial score (nSPS) is 36.5. The molecule has 1 aromatic carbocycles. The summed E-state index contributed by atoms with van der Waals surface area (Å²) in [5, 5.41) is 43.4. The van der Waals surface area contributed by atoms with Crippen LogP contribution < -0.4 is 0 Å². The monoisotopic (exact) mass is 424 g/mol. The highest BCUT2D eigenvalue weighted by Crippen LogP contribution is 2.63. The molecule has 3 rings (SSSR count). The van der Waals surface area contributed by atoms with E-state index in [1.54, 1.807) is 6.92 Å². The summed E-state index contributed by atoms with van der Waals surface area (Å²) in [5.41, 5.74) is -1.01. The molecule has 2 aliphatic carbocycles. The van der Waals surface area contributed by atoms with Crippen LogP contribution in [-0.4, -0.2) is 38.4 Å². The highest BCUT2D eigenvalue weighted by atomic mass is 35.5. The molecule has 0 spiro atoms. The summed E-state index contributed by atoms with van der Waals surface area (Å²) in [4.78, 5) is 11.5. The van der Waals surface area contributed by atoms with Gasteiger partial charge in [0.05, 0.1) is 22.3 Å². The second-order valence-electron chi connectivity index (χ2n) is 10.2. The zero-order chi connectivity index (χ0) is 21.9. The number of benzene rings is 1. The summed E-state index contributed by atoms with van der Waals surface area (Å²) in [6.45, 7) is 9.70. The molecule has 0 aromatic heterocycles. The Balaban J connectivity index is 2.12. The quantitative estimate of drug-likeness (QED) is 0.540. The second-order valence-corrected chi connectivity index (χ2v) is 10.6. The summed E-state index contributed by atoms with van der Waals surface area (Å²) >= 11 is 6.25. The van der Waals surface area contributed by atoms with E-state index >= 15 is 0 Å². The van der Waals surface area contributed by atoms with E-state index in [2.05, 4.69) is 20.8 Å². The number of hydrogen-bond acceptors (Lipinski definition) is 5. The van der Waals surface area contributed by atoms with Gasteiger partial charge in [-0.1, -0.05) is 32.4 Å². The van der Waals surface area contributed by atoms with E-state index in [0.29, 0.717) is 24.7 Å². The number of aliphatic hydroxyl groups is 2. The van der Waals surface area contributed by atoms with Crippen molar-refractivity contribution in [1.29, 1.82) is 0 Å². The van der Waals surface area contributed by atoms with E-state index in [1.165, 1.54) is 0 Å². The van der Waals surface area contributed by atoms with Gasteiger partial charge in [0.1, 0.15) is 11.5 Å². The molecule has 162 valence electrons. The Kier molecular flexibility index (Phi) is 5.51. The minimum atomic E-state index is -1.01. The van der Waals surface area contributed by atoms with Gasteiger partial charge in [-0.3, -0.25) is 4.79 Å². The van der Waals surface area contributed by atoms with Gasteiger partial charge in [-0.2, -0.15) is 0 Å². The first-order chi connectivity index (χ1) is 13.3. The Morgan fingerprint density at radius 1 is 1.10 bits per heavy atom. The van der Waals surface area contributed by atoms with Crippen LogP contribution in [-0.2, 0) is 6.42 Å². The van der Waals surface area contributed by atoms with Gasteiger partial charge in [0.15, 0.2) is 6.29 Å². The molecule has 1 aromatic rings. The Morgan fingerprint density at radius 3 is 2.31 bits per heavy atom. The predicted molar refractivity (Wildman–Crippen MR) is 113 cm³/mol. The lowest BCUT2D eigenvalue weighted by molar-refractivity contribution is -0.193. The molecule has 0 amide bonds. The van der Waals surface area contributed by atoms with E-state index in [-0.39, 0.29) is 56.7 Å². The van der Waals surface area contributed by atoms with E-state index in [1.807, 2.05) is 6.92 Å². The third-order valence-corrected chi connectivity index (χ3v) is 8.75. The Hall–Kier alpha value is -1.30. The van der Waals surface area contributed by atoms with Gasteiger partial charge in [0, 0.05) is 5.56 Å². The lowest BCUT2D eigenvalue weighted by atomic mass is 9.44. The van der Waals surface area contributed by atoms with Crippen molar-refractivity contribution in [2.45, 2.75) is 78.4 Å². The van der Waals surface area contributed by atoms with Crippen LogP contribution >= 0.6 is 11.6 Å². The van der Waals surface area contributed by atoms with Gasteiger partial charge < -0.3 is 20.4 Å². The maximum Gasteiger partial charge on any atom is 0.154 e. The molecular weight excluding hydrogens is 392 g/mol. The number of halogens is 1. The van der Waals surface area contributed by atoms with Crippen LogP contribution in [0.4, 0.5) is 0 Å². The minimum Gasteiger partial charge on any atom is -0.507 e. The number of phenols is 2. The van der Waals surface area contributed by atoms with Crippen molar-refractivity contribution in [2.75, 3.05) is 0 Å². The summed E-state index contributed by atoms with van der Waals surface area (Å²) in [6, 6.07) is 0. The number of aliphatic hydroxyl groups excluding tert-OH is 1. The largest absolute Gasteiger partial charge is 0.507 e. The average molecular weight is 425 g/mol. The number of carbonyl (C=O) groups is 1. The SMILES string of the molecule is Cc1c(Cl)c(O)c(C[C@@H]2[C@@]3(C)CC[C@H](O)C(C)(C)[C@@H]3CC[C@@]2(C)O)c(O)c1C=O. The fourth-order valence-electron chi connectivity index (χ4n) is 6.39. The topological polar surface area (TPSA) is 98.0 Å². The van der Waals surface area contributed by atoms with Gasteiger partial charge >= 0.3 is 0 Å². The zero-order valence-corrected chi connectivity index (χ0v) is 18.7. The lowest BCUT2D eigenvalue weighted by Crippen LogP contribution is -2.61. The fourth-order valence-corrected chi connectivity index (χ4v) is 6.61. The van der Waals surface area contributed by atoms with Crippen molar-refractivity contribution in [3.63, 3.8) is 0 Å². The van der Waals surface area contributed by atoms with Gasteiger partial charge in [-0.05, 0) is 74.2 Å². The minimum absolute atomic E-state index is 0.0523. The molecule has 6 heteroatoms. The number of rotatable bonds is 3. The third-order valence-electron chi connectivity index (χ3n) is 8.29. The van der Waals surface area contributed by atoms with Crippen LogP contribution in [0, 0.1) is 29.6 Å². The van der Waals surface area contributed by atoms with Gasteiger partial charge in [0.25, 0.3) is 0 Å². The van der Waals surface area contributed by atoms with Crippen molar-refractivity contribution in [2.24, 2.45) is 22.7 Å². The molecule has 0 bridgehead atoms. The average Bonchev–Trinajstić information content (AvgIpc) is 2.62. The standard InChI is InChI=1S/C23H33ClO5/c1-12-14(11-25)19(27)13(20(28)18(12)24)10-16-22(4)8-7-17(26)21(2,3)15(22)6-9-23(16,5)29/h11,15-17,26-29H,6-10H2,1-5H3/t15-,16+,17-,22-,23+/m0/s1. The molecule has 0 aliphatic heterocycles. The summed E-state index contributed by atoms with van der Waals surface area (Å²) in [6.07, 6.45) is 3.09. The molecule has 0 radical (unpaired) electrons. The molecule has 5 atom stereocenters. The Morgan fingerprint density at radius 2 is 1.72 bits per heavy atom. The summed E-state index contributed by atoms with van der Waals surface area (Å²) < 4.78 is 0. The number of phenolic OH excluding ortho intramolecular Hbond substituents is 2. The molecule has 2 fully saturated rings.